The molecule has 0 radical (unpaired) electrons. The third-order valence-corrected chi connectivity index (χ3v) is 4.72. The van der Waals surface area contributed by atoms with Crippen LogP contribution in [0.3, 0.4) is 0 Å². The second-order valence-corrected chi connectivity index (χ2v) is 6.41. The molecule has 1 aromatic heterocycles. The van der Waals surface area contributed by atoms with Crippen LogP contribution in [-0.4, -0.2) is 46.6 Å². The fraction of sp³-hybridized carbons (Fsp3) is 0.333. The fourth-order valence-corrected chi connectivity index (χ4v) is 3.23. The highest BCUT2D eigenvalue weighted by Crippen LogP contribution is 2.34. The molecule has 3 N–H and O–H groups in total. The van der Waals surface area contributed by atoms with Crippen molar-refractivity contribution in [3.8, 4) is 11.5 Å². The normalized spacial score (nSPS) is 16.2. The van der Waals surface area contributed by atoms with Gasteiger partial charge in [0.25, 0.3) is 5.91 Å². The van der Waals surface area contributed by atoms with Crippen LogP contribution in [0.5, 0.6) is 11.5 Å². The van der Waals surface area contributed by atoms with Gasteiger partial charge in [-0.15, -0.1) is 0 Å². The van der Waals surface area contributed by atoms with E-state index < -0.39 is 0 Å². The molecular formula is C18H19N5O4. The quantitative estimate of drug-likeness (QED) is 0.836. The number of piperidine rings is 1. The molecule has 0 bridgehead atoms. The highest BCUT2D eigenvalue weighted by molar-refractivity contribution is 5.97. The Hall–Kier alpha value is -3.36. The number of nitrogens with zero attached hydrogens (tertiary/aromatic N) is 3. The summed E-state index contributed by atoms with van der Waals surface area (Å²) < 4.78 is 10.6. The highest BCUT2D eigenvalue weighted by Gasteiger charge is 2.29. The van der Waals surface area contributed by atoms with Gasteiger partial charge in [0.15, 0.2) is 23.0 Å². The smallest absolute Gasteiger partial charge is 0.276 e. The van der Waals surface area contributed by atoms with Gasteiger partial charge in [-0.25, -0.2) is 9.97 Å². The van der Waals surface area contributed by atoms with Crippen LogP contribution in [0, 0.1) is 5.92 Å². The maximum Gasteiger partial charge on any atom is 0.276 e. The van der Waals surface area contributed by atoms with Gasteiger partial charge in [-0.05, 0) is 25.0 Å². The topological polar surface area (TPSA) is 120 Å². The number of ether oxygens (including phenoxy) is 2. The van der Waals surface area contributed by atoms with Gasteiger partial charge in [0.05, 0.1) is 0 Å². The van der Waals surface area contributed by atoms with E-state index in [-0.39, 0.29) is 36.0 Å². The zero-order valence-corrected chi connectivity index (χ0v) is 14.6. The Morgan fingerprint density at radius 3 is 2.63 bits per heavy atom. The van der Waals surface area contributed by atoms with Gasteiger partial charge in [0, 0.05) is 43.2 Å². The van der Waals surface area contributed by atoms with Crippen molar-refractivity contribution in [1.82, 2.24) is 14.9 Å². The fourth-order valence-electron chi connectivity index (χ4n) is 3.23. The first kappa shape index (κ1) is 17.1. The van der Waals surface area contributed by atoms with Crippen LogP contribution in [0.25, 0.3) is 0 Å². The lowest BCUT2D eigenvalue weighted by molar-refractivity contribution is -0.121. The minimum atomic E-state index is -0.254. The number of rotatable bonds is 3. The number of carbonyl (C=O) groups excluding carboxylic acids is 2. The molecule has 0 atom stereocenters. The molecule has 2 aliphatic rings. The van der Waals surface area contributed by atoms with Crippen LogP contribution >= 0.6 is 0 Å². The van der Waals surface area contributed by atoms with Crippen molar-refractivity contribution < 1.29 is 19.1 Å². The summed E-state index contributed by atoms with van der Waals surface area (Å²) in [5, 5.41) is 2.91. The molecule has 4 rings (SSSR count). The average molecular weight is 369 g/mol. The lowest BCUT2D eigenvalue weighted by Gasteiger charge is -2.31. The van der Waals surface area contributed by atoms with Crippen molar-refractivity contribution in [1.29, 1.82) is 0 Å². The van der Waals surface area contributed by atoms with E-state index in [2.05, 4.69) is 15.3 Å². The van der Waals surface area contributed by atoms with E-state index in [4.69, 9.17) is 15.2 Å². The van der Waals surface area contributed by atoms with Crippen LogP contribution < -0.4 is 20.5 Å². The molecule has 27 heavy (non-hydrogen) atoms. The van der Waals surface area contributed by atoms with Gasteiger partial charge in [0.2, 0.25) is 12.7 Å². The molecule has 0 unspecified atom stereocenters. The summed E-state index contributed by atoms with van der Waals surface area (Å²) in [7, 11) is 0. The largest absolute Gasteiger partial charge is 0.454 e. The third kappa shape index (κ3) is 3.48. The Bertz CT molecular complexity index is 880. The molecule has 1 saturated heterocycles. The van der Waals surface area contributed by atoms with Crippen LogP contribution in [-0.2, 0) is 4.79 Å². The van der Waals surface area contributed by atoms with E-state index in [0.717, 1.165) is 0 Å². The molecule has 2 aromatic rings. The van der Waals surface area contributed by atoms with Crippen LogP contribution in [0.2, 0.25) is 0 Å². The minimum absolute atomic E-state index is 0.0695. The lowest BCUT2D eigenvalue weighted by Crippen LogP contribution is -2.42. The second kappa shape index (κ2) is 7.10. The maximum absolute atomic E-state index is 12.5. The molecule has 0 aliphatic carbocycles. The van der Waals surface area contributed by atoms with Crippen LogP contribution in [0.4, 0.5) is 11.5 Å². The van der Waals surface area contributed by atoms with Crippen molar-refractivity contribution in [2.75, 3.05) is 30.9 Å². The first-order valence-electron chi connectivity index (χ1n) is 8.68. The number of hydrogen-bond donors (Lipinski definition) is 2. The number of nitrogen functional groups attached to an aromatic ring is 1. The van der Waals surface area contributed by atoms with Crippen molar-refractivity contribution in [3.63, 3.8) is 0 Å². The number of carbonyl (C=O) groups is 2. The summed E-state index contributed by atoms with van der Waals surface area (Å²) in [6.45, 7) is 1.12. The van der Waals surface area contributed by atoms with Crippen molar-refractivity contribution in [2.24, 2.45) is 5.92 Å². The number of nitrogens with one attached hydrogen (secondary N) is 1. The van der Waals surface area contributed by atoms with Gasteiger partial charge in [-0.2, -0.15) is 0 Å². The van der Waals surface area contributed by atoms with Crippen molar-refractivity contribution >= 4 is 23.3 Å². The van der Waals surface area contributed by atoms with Crippen molar-refractivity contribution in [2.45, 2.75) is 12.8 Å². The lowest BCUT2D eigenvalue weighted by atomic mass is 9.95. The molecule has 0 spiro atoms. The number of likely N-dealkylation sites (tertiary alicyclic amines) is 1. The van der Waals surface area contributed by atoms with Gasteiger partial charge in [0.1, 0.15) is 0 Å². The van der Waals surface area contributed by atoms with Crippen LogP contribution in [0.15, 0.2) is 30.6 Å². The predicted octanol–water partition coefficient (Wildman–Crippen LogP) is 1.28. The molecule has 9 heteroatoms. The number of benzene rings is 1. The van der Waals surface area contributed by atoms with E-state index in [9.17, 15) is 9.59 Å². The summed E-state index contributed by atoms with van der Waals surface area (Å²) in [4.78, 5) is 34.6. The summed E-state index contributed by atoms with van der Waals surface area (Å²) in [5.74, 6) is 0.914. The summed E-state index contributed by atoms with van der Waals surface area (Å²) in [6.07, 6.45) is 4.03. The molecule has 1 fully saturated rings. The monoisotopic (exact) mass is 369 g/mol. The number of fused-ring (bicyclic) bond motifs is 1. The molecule has 2 amide bonds. The number of hydrogen-bond acceptors (Lipinski definition) is 7. The Labute approximate surface area is 155 Å². The summed E-state index contributed by atoms with van der Waals surface area (Å²) in [6, 6.07) is 5.29. The molecule has 3 heterocycles. The Morgan fingerprint density at radius 1 is 1.11 bits per heavy atom. The van der Waals surface area contributed by atoms with E-state index in [1.54, 1.807) is 23.1 Å². The molecule has 1 aromatic carbocycles. The van der Waals surface area contributed by atoms with Crippen LogP contribution in [0.1, 0.15) is 23.3 Å². The zero-order valence-electron chi connectivity index (χ0n) is 14.6. The highest BCUT2D eigenvalue weighted by atomic mass is 16.7. The van der Waals surface area contributed by atoms with Crippen molar-refractivity contribution in [3.05, 3.63) is 36.3 Å². The van der Waals surface area contributed by atoms with Gasteiger partial charge in [-0.1, -0.05) is 0 Å². The number of nitrogens with two attached hydrogens (primary N) is 1. The van der Waals surface area contributed by atoms with Gasteiger partial charge >= 0.3 is 0 Å². The second-order valence-electron chi connectivity index (χ2n) is 6.41. The van der Waals surface area contributed by atoms with Gasteiger partial charge in [-0.3, -0.25) is 9.59 Å². The molecular weight excluding hydrogens is 350 g/mol. The number of amides is 2. The first-order valence-corrected chi connectivity index (χ1v) is 8.68. The third-order valence-electron chi connectivity index (χ3n) is 4.72. The maximum atomic E-state index is 12.5. The zero-order chi connectivity index (χ0) is 18.8. The molecule has 140 valence electrons. The van der Waals surface area contributed by atoms with E-state index in [1.165, 1.54) is 12.4 Å². The molecule has 2 aliphatic heterocycles. The van der Waals surface area contributed by atoms with Gasteiger partial charge < -0.3 is 25.4 Å². The number of aromatic nitrogens is 2. The Kier molecular flexibility index (Phi) is 4.49. The Balaban J connectivity index is 1.34. The number of anilines is 2. The summed E-state index contributed by atoms with van der Waals surface area (Å²) in [5.41, 5.74) is 6.54. The standard InChI is InChI=1S/C18H19N5O4/c19-16-15(20-5-6-21-16)18(25)23-7-3-11(4-8-23)17(24)22-12-1-2-13-14(9-12)27-10-26-13/h1-2,5-6,9,11H,3-4,7-8,10H2,(H2,19,21)(H,22,24). The minimum Gasteiger partial charge on any atom is -0.454 e. The summed E-state index contributed by atoms with van der Waals surface area (Å²) >= 11 is 0. The van der Waals surface area contributed by atoms with E-state index in [0.29, 0.717) is 43.1 Å². The molecule has 0 saturated carbocycles. The SMILES string of the molecule is Nc1nccnc1C(=O)N1CCC(C(=O)Nc2ccc3c(c2)OCO3)CC1. The molecule has 9 nitrogen and oxygen atoms in total. The predicted molar refractivity (Wildman–Crippen MR) is 96.3 cm³/mol. The Morgan fingerprint density at radius 2 is 1.85 bits per heavy atom. The van der Waals surface area contributed by atoms with E-state index >= 15 is 0 Å². The average Bonchev–Trinajstić information content (AvgIpc) is 3.16. The first-order chi connectivity index (χ1) is 13.1. The van der Waals surface area contributed by atoms with E-state index in [1.807, 2.05) is 0 Å².